The van der Waals surface area contributed by atoms with Gasteiger partial charge in [0.1, 0.15) is 5.75 Å². The summed E-state index contributed by atoms with van der Waals surface area (Å²) in [6, 6.07) is 0.0422. The fraction of sp³-hybridized carbons (Fsp3) is 0.417. The number of nitrogens with two attached hydrogens (primary N) is 2. The minimum Gasteiger partial charge on any atom is -0.433 e. The first kappa shape index (κ1) is 45.1. The molecule has 1 heterocycles. The highest BCUT2D eigenvalue weighted by Crippen LogP contribution is 2.55. The Morgan fingerprint density at radius 1 is 0.608 bits per heavy atom. The summed E-state index contributed by atoms with van der Waals surface area (Å²) in [4.78, 5) is 20.7. The van der Waals surface area contributed by atoms with Crippen LogP contribution in [0.3, 0.4) is 0 Å². The van der Waals surface area contributed by atoms with E-state index in [-0.39, 0.29) is 48.9 Å². The normalized spacial score (nSPS) is 14.7. The molecule has 27 heteroatoms. The Bertz CT molecular complexity index is 1500. The fourth-order valence-electron chi connectivity index (χ4n) is 3.46. The SMILES string of the molecule is Nc1c(Cl)cc(C(F)(C(F)(F)F)C(F)(F)F)cc1OC(F)F.Nc1ccc(C(F)(C(F)(F)F)C(F)(F)F)cc1OC(F)F.O=C1CCC(=O)N1Cl. The molecule has 0 radical (unpaired) electrons. The highest BCUT2D eigenvalue weighted by molar-refractivity contribution is 6.33. The maximum Gasteiger partial charge on any atom is 0.435 e. The summed E-state index contributed by atoms with van der Waals surface area (Å²) in [7, 11) is 0. The number of rotatable bonds is 6. The van der Waals surface area contributed by atoms with E-state index in [2.05, 4.69) is 9.47 Å². The van der Waals surface area contributed by atoms with Crippen molar-refractivity contribution in [3.05, 3.63) is 46.5 Å². The van der Waals surface area contributed by atoms with E-state index in [1.807, 2.05) is 0 Å². The van der Waals surface area contributed by atoms with Crippen LogP contribution in [0.25, 0.3) is 0 Å². The summed E-state index contributed by atoms with van der Waals surface area (Å²) in [6.07, 6.45) is -25.0. The number of benzene rings is 2. The van der Waals surface area contributed by atoms with Gasteiger partial charge in [0.05, 0.1) is 16.4 Å². The molecule has 0 unspecified atom stereocenters. The molecule has 0 spiro atoms. The number of anilines is 2. The Labute approximate surface area is 281 Å². The second-order valence-corrected chi connectivity index (χ2v) is 10.0. The van der Waals surface area contributed by atoms with Crippen molar-refractivity contribution in [2.75, 3.05) is 11.5 Å². The molecule has 1 fully saturated rings. The van der Waals surface area contributed by atoms with Gasteiger partial charge in [-0.05, 0) is 24.3 Å². The number of carbonyl (C=O) groups is 2. The first-order chi connectivity index (χ1) is 22.7. The number of hydrogen-bond acceptors (Lipinski definition) is 6. The molecule has 1 aliphatic rings. The third-order valence-corrected chi connectivity index (χ3v) is 6.58. The van der Waals surface area contributed by atoms with E-state index < -0.39 is 88.3 Å². The second-order valence-electron chi connectivity index (χ2n) is 9.26. The van der Waals surface area contributed by atoms with Gasteiger partial charge in [-0.15, -0.1) is 0 Å². The van der Waals surface area contributed by atoms with Crippen molar-refractivity contribution in [2.45, 2.75) is 62.1 Å². The number of alkyl halides is 18. The molecule has 290 valence electrons. The molecule has 0 aliphatic carbocycles. The summed E-state index contributed by atoms with van der Waals surface area (Å²) >= 11 is 10.4. The molecule has 0 bridgehead atoms. The van der Waals surface area contributed by atoms with Gasteiger partial charge in [-0.2, -0.15) is 74.7 Å². The summed E-state index contributed by atoms with van der Waals surface area (Å²) in [5.41, 5.74) is -7.02. The molecule has 2 aromatic rings. The zero-order chi connectivity index (χ0) is 40.3. The highest BCUT2D eigenvalue weighted by Gasteiger charge is 2.74. The molecule has 2 amide bonds. The van der Waals surface area contributed by atoms with Crippen LogP contribution >= 0.6 is 23.4 Å². The van der Waals surface area contributed by atoms with E-state index >= 15 is 0 Å². The molecule has 7 nitrogen and oxygen atoms in total. The maximum atomic E-state index is 13.8. The van der Waals surface area contributed by atoms with Crippen LogP contribution in [0, 0.1) is 0 Å². The van der Waals surface area contributed by atoms with Gasteiger partial charge in [0.25, 0.3) is 0 Å². The van der Waals surface area contributed by atoms with Crippen molar-refractivity contribution in [1.29, 1.82) is 0 Å². The molecular weight excluding hydrogens is 807 g/mol. The summed E-state index contributed by atoms with van der Waals surface area (Å²) in [6.45, 7) is -7.19. The van der Waals surface area contributed by atoms with Crippen molar-refractivity contribution in [1.82, 2.24) is 4.42 Å². The van der Waals surface area contributed by atoms with Crippen LogP contribution in [0.5, 0.6) is 11.5 Å². The van der Waals surface area contributed by atoms with Crippen molar-refractivity contribution in [2.24, 2.45) is 0 Å². The summed E-state index contributed by atoms with van der Waals surface area (Å²) < 4.78 is 234. The molecule has 4 N–H and O–H groups in total. The number of imide groups is 1. The molecule has 0 atom stereocenters. The standard InChI is InChI=1S/C10H5ClF9NO.C10H6F9NO.C4H4ClNO2/c11-4-1-3(2-5(6(4)21)22-7(12)13)8(14,9(15,16)17)10(18,19)20;11-7(12)21-6-3-4(1-2-5(6)20)8(13,9(14,15)16)10(17,18)19;5-6-3(7)1-2-4(6)8/h1-2,7H,21H2;1-3,7H,20H2;1-2H2. The lowest BCUT2D eigenvalue weighted by Crippen LogP contribution is -2.50. The first-order valence-corrected chi connectivity index (χ1v) is 13.0. The van der Waals surface area contributed by atoms with Gasteiger partial charge in [0.15, 0.2) is 5.75 Å². The van der Waals surface area contributed by atoms with Gasteiger partial charge >= 0.3 is 49.3 Å². The smallest absolute Gasteiger partial charge is 0.433 e. The third-order valence-electron chi connectivity index (χ3n) is 5.89. The zero-order valence-electron chi connectivity index (χ0n) is 23.7. The van der Waals surface area contributed by atoms with E-state index in [9.17, 15) is 88.6 Å². The minimum absolute atomic E-state index is 0.0593. The second kappa shape index (κ2) is 15.8. The van der Waals surface area contributed by atoms with Gasteiger partial charge in [0, 0.05) is 35.7 Å². The third kappa shape index (κ3) is 10.1. The van der Waals surface area contributed by atoms with Gasteiger partial charge < -0.3 is 20.9 Å². The molecule has 3 rings (SSSR count). The van der Waals surface area contributed by atoms with Gasteiger partial charge in [-0.3, -0.25) is 9.59 Å². The molecule has 51 heavy (non-hydrogen) atoms. The van der Waals surface area contributed by atoms with E-state index in [1.165, 1.54) is 0 Å². The van der Waals surface area contributed by atoms with Crippen LogP contribution < -0.4 is 20.9 Å². The molecule has 1 saturated heterocycles. The largest absolute Gasteiger partial charge is 0.435 e. The van der Waals surface area contributed by atoms with E-state index in [4.69, 9.17) is 34.8 Å². The van der Waals surface area contributed by atoms with Crippen LogP contribution in [0.4, 0.5) is 90.4 Å². The molecular formula is C24H15Cl2F18N3O4. The number of amides is 2. The number of carbonyl (C=O) groups excluding carboxylic acids is 2. The van der Waals surface area contributed by atoms with Crippen LogP contribution in [0.2, 0.25) is 5.02 Å². The predicted molar refractivity (Wildman–Crippen MR) is 137 cm³/mol. The van der Waals surface area contributed by atoms with Crippen molar-refractivity contribution < 1.29 is 98.1 Å². The van der Waals surface area contributed by atoms with Gasteiger partial charge in [-0.25, -0.2) is 8.78 Å². The van der Waals surface area contributed by atoms with Crippen LogP contribution in [-0.4, -0.2) is 54.2 Å². The Hall–Kier alpha value is -3.90. The van der Waals surface area contributed by atoms with Crippen molar-refractivity contribution in [3.8, 4) is 11.5 Å². The fourth-order valence-corrected chi connectivity index (χ4v) is 3.84. The average molecular weight is 822 g/mol. The predicted octanol–water partition coefficient (Wildman–Crippen LogP) is 9.26. The van der Waals surface area contributed by atoms with Gasteiger partial charge in [0.2, 0.25) is 11.8 Å². The van der Waals surface area contributed by atoms with Crippen LogP contribution in [-0.2, 0) is 20.9 Å². The molecule has 0 saturated carbocycles. The lowest BCUT2D eigenvalue weighted by Gasteiger charge is -2.30. The van der Waals surface area contributed by atoms with Crippen LogP contribution in [0.15, 0.2) is 30.3 Å². The first-order valence-electron chi connectivity index (χ1n) is 12.3. The summed E-state index contributed by atoms with van der Waals surface area (Å²) in [5.74, 6) is -3.10. The quantitative estimate of drug-likeness (QED) is 0.130. The van der Waals surface area contributed by atoms with E-state index in [1.54, 1.807) is 0 Å². The van der Waals surface area contributed by atoms with Gasteiger partial charge in [-0.1, -0.05) is 17.7 Å². The highest BCUT2D eigenvalue weighted by atomic mass is 35.5. The zero-order valence-corrected chi connectivity index (χ0v) is 25.3. The van der Waals surface area contributed by atoms with Crippen molar-refractivity contribution >= 4 is 46.6 Å². The number of nitrogen functional groups attached to an aromatic ring is 2. The number of nitrogens with zero attached hydrogens (tertiary/aromatic N) is 1. The minimum atomic E-state index is -6.42. The monoisotopic (exact) mass is 821 g/mol. The Morgan fingerprint density at radius 2 is 0.961 bits per heavy atom. The lowest BCUT2D eigenvalue weighted by molar-refractivity contribution is -0.349. The summed E-state index contributed by atoms with van der Waals surface area (Å²) in [5, 5.41) is -1.01. The number of halogens is 20. The van der Waals surface area contributed by atoms with E-state index in [0.717, 1.165) is 0 Å². The maximum absolute atomic E-state index is 13.8. The van der Waals surface area contributed by atoms with E-state index in [0.29, 0.717) is 10.5 Å². The Kier molecular flexibility index (Phi) is 14.0. The molecule has 1 aliphatic heterocycles. The Morgan fingerprint density at radius 3 is 1.29 bits per heavy atom. The number of hydrogen-bond donors (Lipinski definition) is 2. The van der Waals surface area contributed by atoms with Crippen LogP contribution in [0.1, 0.15) is 24.0 Å². The van der Waals surface area contributed by atoms with Crippen molar-refractivity contribution in [3.63, 3.8) is 0 Å². The average Bonchev–Trinajstić information content (AvgIpc) is 3.24. The lowest BCUT2D eigenvalue weighted by atomic mass is 9.93. The topological polar surface area (TPSA) is 108 Å². The molecule has 2 aromatic carbocycles. The molecule has 0 aromatic heterocycles. The Balaban J connectivity index is 0.000000419. The number of ether oxygens (including phenoxy) is 2.